The second-order valence-corrected chi connectivity index (χ2v) is 34.8. The third-order valence-corrected chi connectivity index (χ3v) is 26.2. The first-order valence-corrected chi connectivity index (χ1v) is 46.7. The van der Waals surface area contributed by atoms with E-state index in [1.165, 1.54) is 97.7 Å². The maximum atomic E-state index is 8.59. The van der Waals surface area contributed by atoms with E-state index in [2.05, 4.69) is 373 Å². The molecule has 6 aromatic heterocycles. The molecule has 26 aromatic rings. The van der Waals surface area contributed by atoms with E-state index in [0.717, 1.165) is 123 Å². The largest absolute Gasteiger partial charge is 0.264 e. The molecule has 140 heavy (non-hydrogen) atoms. The summed E-state index contributed by atoms with van der Waals surface area (Å²) in [6.07, 6.45) is 10.9. The maximum Gasteiger partial charge on any atom is 0.161 e. The van der Waals surface area contributed by atoms with E-state index < -0.39 is 18.1 Å². The van der Waals surface area contributed by atoms with Gasteiger partial charge in [-0.1, -0.05) is 394 Å². The van der Waals surface area contributed by atoms with E-state index in [4.69, 9.17) is 36.8 Å². The van der Waals surface area contributed by atoms with Crippen LogP contribution in [-0.2, 0) is 0 Å². The fraction of sp³-hybridized carbons (Fsp3) is 0. The van der Waals surface area contributed by atoms with Crippen LogP contribution in [0.25, 0.3) is 255 Å². The van der Waals surface area contributed by atoms with Crippen molar-refractivity contribution in [3.05, 3.63) is 516 Å². The van der Waals surface area contributed by atoms with E-state index in [-0.39, 0.29) is 23.5 Å². The summed E-state index contributed by atoms with van der Waals surface area (Å²) in [4.78, 5) is 43.5. The summed E-state index contributed by atoms with van der Waals surface area (Å²) < 4.78 is 41.7. The van der Waals surface area contributed by atoms with Crippen LogP contribution in [0.1, 0.15) is 6.85 Å². The standard InChI is InChI=1S/C49H31N3.C45H29N3.C37H25N3/c1-2-10-35-27-37(23-20-32(35)9-1)33-18-21-34(22-19-33)47-30-48(38-12-7-11-36(28-38)40-13-8-26-50-31-40)52-49(51-47)39-24-25-45-43-16-4-3-14-41(43)42-15-5-6-17-44(42)46(45)29-39;1-2-10-33-25-35(23-20-30(33)9-1)31-18-21-32(22-19-31)43-28-44(37-13-7-12-34(26-37)38-14-8-24-46-29-38)48-45(47-43)42-27-36-11-3-4-15-39(36)40-16-5-6-17-41(40)42;1-2-9-29(10-3-1)37-39-35(24-36(40-37)33-13-6-12-31(23-33)34-14-7-21-38-25-34)28-18-15-27(16-19-28)32-20-17-26-8-4-5-11-30(26)22-32/h1-31H;1-29H;1-25H/i;;1D,2D,3D,9D,10D. The molecule has 0 saturated carbocycles. The van der Waals surface area contributed by atoms with Gasteiger partial charge in [-0.3, -0.25) is 15.0 Å². The number of hydrogen-bond donors (Lipinski definition) is 0. The number of pyridine rings is 3. The number of rotatable bonds is 15. The summed E-state index contributed by atoms with van der Waals surface area (Å²) in [5.41, 5.74) is 25.4. The van der Waals surface area contributed by atoms with Crippen molar-refractivity contribution in [1.29, 1.82) is 0 Å². The average molecular weight is 1790 g/mol. The highest BCUT2D eigenvalue weighted by atomic mass is 14.9. The van der Waals surface area contributed by atoms with Crippen molar-refractivity contribution in [3.63, 3.8) is 0 Å². The zero-order chi connectivity index (χ0) is 97.4. The van der Waals surface area contributed by atoms with Gasteiger partial charge in [0.15, 0.2) is 17.5 Å². The van der Waals surface area contributed by atoms with Gasteiger partial charge in [0, 0.05) is 104 Å². The van der Waals surface area contributed by atoms with Crippen molar-refractivity contribution in [3.8, 4) is 168 Å². The first kappa shape index (κ1) is 78.6. The molecule has 0 bridgehead atoms. The Hall–Kier alpha value is -18.8. The molecule has 0 unspecified atom stereocenters. The van der Waals surface area contributed by atoms with Gasteiger partial charge in [0.05, 0.1) is 41.0 Å². The fourth-order valence-electron chi connectivity index (χ4n) is 19.0. The van der Waals surface area contributed by atoms with Gasteiger partial charge in [0.1, 0.15) is 0 Å². The van der Waals surface area contributed by atoms with Crippen molar-refractivity contribution < 1.29 is 6.85 Å². The van der Waals surface area contributed by atoms with Crippen molar-refractivity contribution in [2.24, 2.45) is 0 Å². The van der Waals surface area contributed by atoms with Crippen LogP contribution in [0.4, 0.5) is 0 Å². The Kier molecular flexibility index (Phi) is 21.1. The molecule has 26 rings (SSSR count). The van der Waals surface area contributed by atoms with E-state index in [1.54, 1.807) is 24.8 Å². The number of benzene rings is 20. The Labute approximate surface area is 817 Å². The van der Waals surface area contributed by atoms with Crippen molar-refractivity contribution in [2.75, 3.05) is 0 Å². The van der Waals surface area contributed by atoms with E-state index >= 15 is 0 Å². The summed E-state index contributed by atoms with van der Waals surface area (Å²) >= 11 is 0. The van der Waals surface area contributed by atoms with Crippen LogP contribution in [0.2, 0.25) is 0 Å². The molecule has 0 fully saturated rings. The van der Waals surface area contributed by atoms with Crippen LogP contribution in [0, 0.1) is 0 Å². The van der Waals surface area contributed by atoms with E-state index in [0.29, 0.717) is 23.0 Å². The molecule has 0 aliphatic rings. The monoisotopic (exact) mass is 1790 g/mol. The maximum absolute atomic E-state index is 8.59. The highest BCUT2D eigenvalue weighted by Gasteiger charge is 2.21. The van der Waals surface area contributed by atoms with Gasteiger partial charge >= 0.3 is 0 Å². The number of aromatic nitrogens is 9. The van der Waals surface area contributed by atoms with Gasteiger partial charge in [0.25, 0.3) is 0 Å². The number of fused-ring (bicyclic) bond motifs is 12. The molecular weight excluding hydrogens is 1700 g/mol. The lowest BCUT2D eigenvalue weighted by molar-refractivity contribution is 1.18. The normalized spacial score (nSPS) is 11.8. The summed E-state index contributed by atoms with van der Waals surface area (Å²) in [6.45, 7) is 0. The van der Waals surface area contributed by atoms with Crippen LogP contribution in [0.5, 0.6) is 0 Å². The van der Waals surface area contributed by atoms with Crippen LogP contribution in [-0.4, -0.2) is 44.9 Å². The Morgan fingerprint density at radius 3 is 0.807 bits per heavy atom. The molecule has 0 saturated heterocycles. The van der Waals surface area contributed by atoms with Gasteiger partial charge in [-0.05, 0) is 221 Å². The minimum Gasteiger partial charge on any atom is -0.264 e. The number of hydrogen-bond acceptors (Lipinski definition) is 9. The Morgan fingerprint density at radius 1 is 0.143 bits per heavy atom. The first-order chi connectivity index (χ1) is 71.4. The molecule has 0 amide bonds. The SMILES string of the molecule is [2H]c1c([2H])c([2H])c(-c2nc(-c3ccc(-c4ccc5ccccc5c4)cc3)cc(-c3cccc(-c4cccnc4)c3)n2)c([2H])c1[2H].c1cncc(-c2cccc(-c3cc(-c4ccc(-c5ccc6ccccc6c5)cc4)nc(-c4cc5ccccc5c5ccccc45)n3)c2)c1.c1cncc(-c2cccc(-c3cc(-c4ccc(-c5ccc6ccccc6c5)cc4)nc(-c4ccc5c6ccccc6c6ccccc6c5c4)n3)c2)c1. The molecule has 0 atom stereocenters. The zero-order valence-corrected chi connectivity index (χ0v) is 75.7. The van der Waals surface area contributed by atoms with E-state index in [9.17, 15) is 0 Å². The van der Waals surface area contributed by atoms with Crippen LogP contribution >= 0.6 is 0 Å². The quantitative estimate of drug-likeness (QED) is 0.0925. The summed E-state index contributed by atoms with van der Waals surface area (Å²) in [7, 11) is 0. The van der Waals surface area contributed by atoms with Crippen LogP contribution < -0.4 is 0 Å². The molecular formula is C131H85N9. The summed E-state index contributed by atoms with van der Waals surface area (Å²) in [6, 6.07) is 155. The smallest absolute Gasteiger partial charge is 0.161 e. The summed E-state index contributed by atoms with van der Waals surface area (Å²) in [5, 5.41) is 19.4. The molecule has 0 N–H and O–H groups in total. The first-order valence-electron chi connectivity index (χ1n) is 49.2. The Bertz CT molecular complexity index is 9450. The Balaban J connectivity index is 0.000000117. The highest BCUT2D eigenvalue weighted by Crippen LogP contribution is 2.43. The average Bonchev–Trinajstić information content (AvgIpc) is 0.737. The lowest BCUT2D eigenvalue weighted by atomic mass is 9.93. The number of nitrogens with zero attached hydrogens (tertiary/aromatic N) is 9. The second-order valence-electron chi connectivity index (χ2n) is 34.8. The van der Waals surface area contributed by atoms with Crippen LogP contribution in [0.3, 0.4) is 0 Å². The zero-order valence-electron chi connectivity index (χ0n) is 80.7. The third kappa shape index (κ3) is 17.3. The van der Waals surface area contributed by atoms with Gasteiger partial charge < -0.3 is 0 Å². The van der Waals surface area contributed by atoms with Gasteiger partial charge in [-0.25, -0.2) is 29.9 Å². The third-order valence-electron chi connectivity index (χ3n) is 26.2. The minimum atomic E-state index is -0.460. The summed E-state index contributed by atoms with van der Waals surface area (Å²) in [5.74, 6) is 1.46. The van der Waals surface area contributed by atoms with Crippen molar-refractivity contribution >= 4 is 86.2 Å². The fourth-order valence-corrected chi connectivity index (χ4v) is 19.0. The predicted octanol–water partition coefficient (Wildman–Crippen LogP) is 33.8. The molecule has 6 heterocycles. The Morgan fingerprint density at radius 2 is 0.421 bits per heavy atom. The van der Waals surface area contributed by atoms with Gasteiger partial charge in [-0.2, -0.15) is 0 Å². The molecule has 0 aliphatic heterocycles. The molecule has 0 spiro atoms. The lowest BCUT2D eigenvalue weighted by Crippen LogP contribution is -1.97. The molecule has 0 radical (unpaired) electrons. The molecule has 654 valence electrons. The van der Waals surface area contributed by atoms with E-state index in [1.807, 2.05) is 103 Å². The van der Waals surface area contributed by atoms with Gasteiger partial charge in [0.2, 0.25) is 0 Å². The molecule has 9 nitrogen and oxygen atoms in total. The van der Waals surface area contributed by atoms with Crippen molar-refractivity contribution in [1.82, 2.24) is 44.9 Å². The minimum absolute atomic E-state index is 0.0414. The topological polar surface area (TPSA) is 116 Å². The predicted molar refractivity (Wildman–Crippen MR) is 581 cm³/mol. The molecule has 0 aliphatic carbocycles. The van der Waals surface area contributed by atoms with Gasteiger partial charge in [-0.15, -0.1) is 0 Å². The van der Waals surface area contributed by atoms with Crippen LogP contribution in [0.15, 0.2) is 516 Å². The van der Waals surface area contributed by atoms with Crippen molar-refractivity contribution in [2.45, 2.75) is 0 Å². The lowest BCUT2D eigenvalue weighted by Gasteiger charge is -2.14. The second kappa shape index (κ2) is 37.6. The highest BCUT2D eigenvalue weighted by molar-refractivity contribution is 6.26. The molecule has 9 heteroatoms. The molecule has 20 aromatic carbocycles.